The second-order valence-corrected chi connectivity index (χ2v) is 3.24. The van der Waals surface area contributed by atoms with Crippen LogP contribution in [0.2, 0.25) is 0 Å². The van der Waals surface area contributed by atoms with E-state index in [1.165, 1.54) is 0 Å². The first kappa shape index (κ1) is 9.92. The molecule has 0 aromatic carbocycles. The molecule has 0 fully saturated rings. The van der Waals surface area contributed by atoms with Crippen molar-refractivity contribution < 1.29 is 0 Å². The van der Waals surface area contributed by atoms with Crippen LogP contribution in [0.3, 0.4) is 0 Å². The Balaban J connectivity index is 2.95. The third-order valence-corrected chi connectivity index (χ3v) is 1.76. The van der Waals surface area contributed by atoms with Crippen LogP contribution in [0.1, 0.15) is 25.2 Å². The van der Waals surface area contributed by atoms with Crippen molar-refractivity contribution in [2.75, 3.05) is 0 Å². The van der Waals surface area contributed by atoms with Crippen molar-refractivity contribution in [3.63, 3.8) is 0 Å². The molecule has 1 rings (SSSR count). The molecule has 3 N–H and O–H groups in total. The summed E-state index contributed by atoms with van der Waals surface area (Å²) in [6, 6.07) is 1.95. The van der Waals surface area contributed by atoms with Gasteiger partial charge in [-0.05, 0) is 19.4 Å². The minimum atomic E-state index is -0.282. The Hall–Kier alpha value is -1.16. The number of aromatic nitrogens is 2. The van der Waals surface area contributed by atoms with Crippen molar-refractivity contribution in [3.8, 4) is 0 Å². The summed E-state index contributed by atoms with van der Waals surface area (Å²) in [7, 11) is 0. The van der Waals surface area contributed by atoms with E-state index in [4.69, 9.17) is 5.73 Å². The van der Waals surface area contributed by atoms with Crippen LogP contribution >= 0.6 is 0 Å². The van der Waals surface area contributed by atoms with Crippen LogP contribution in [0.4, 0.5) is 0 Å². The van der Waals surface area contributed by atoms with Gasteiger partial charge >= 0.3 is 5.69 Å². The molecule has 13 heavy (non-hydrogen) atoms. The minimum absolute atomic E-state index is 0.0581. The van der Waals surface area contributed by atoms with Gasteiger partial charge in [0.15, 0.2) is 0 Å². The van der Waals surface area contributed by atoms with Gasteiger partial charge in [-0.15, -0.1) is 0 Å². The summed E-state index contributed by atoms with van der Waals surface area (Å²) in [5.74, 6) is 0. The summed E-state index contributed by atoms with van der Waals surface area (Å²) in [5.41, 5.74) is 7.03. The van der Waals surface area contributed by atoms with Crippen molar-refractivity contribution in [2.24, 2.45) is 5.73 Å². The first-order valence-electron chi connectivity index (χ1n) is 4.46. The van der Waals surface area contributed by atoms with Crippen LogP contribution < -0.4 is 11.4 Å². The minimum Gasteiger partial charge on any atom is -0.328 e. The predicted molar refractivity (Wildman–Crippen MR) is 51.6 cm³/mol. The quantitative estimate of drug-likeness (QED) is 0.700. The van der Waals surface area contributed by atoms with E-state index in [2.05, 4.69) is 9.97 Å². The van der Waals surface area contributed by atoms with Gasteiger partial charge < -0.3 is 10.7 Å². The number of aromatic amines is 1. The maximum atomic E-state index is 11.0. The maximum absolute atomic E-state index is 11.0. The average molecular weight is 181 g/mol. The molecule has 0 saturated carbocycles. The molecule has 1 unspecified atom stereocenters. The number of nitrogens with one attached hydrogen (secondary N) is 1. The van der Waals surface area contributed by atoms with Crippen molar-refractivity contribution in [3.05, 3.63) is 27.9 Å². The molecule has 0 spiro atoms. The van der Waals surface area contributed by atoms with Gasteiger partial charge in [0.25, 0.3) is 0 Å². The Morgan fingerprint density at radius 3 is 2.92 bits per heavy atom. The number of aryl methyl sites for hydroxylation is 1. The third-order valence-electron chi connectivity index (χ3n) is 1.76. The number of H-pyrrole nitrogens is 1. The van der Waals surface area contributed by atoms with Crippen LogP contribution in [0.25, 0.3) is 0 Å². The fourth-order valence-electron chi connectivity index (χ4n) is 1.20. The summed E-state index contributed by atoms with van der Waals surface area (Å²) in [5, 5.41) is 0. The highest BCUT2D eigenvalue weighted by atomic mass is 16.1. The van der Waals surface area contributed by atoms with Gasteiger partial charge in [-0.25, -0.2) is 4.79 Å². The molecule has 0 saturated heterocycles. The zero-order valence-corrected chi connectivity index (χ0v) is 8.00. The zero-order chi connectivity index (χ0) is 9.84. The molecule has 1 heterocycles. The lowest BCUT2D eigenvalue weighted by Gasteiger charge is -2.05. The number of nitrogens with two attached hydrogens (primary N) is 1. The van der Waals surface area contributed by atoms with Crippen LogP contribution in [0.5, 0.6) is 0 Å². The van der Waals surface area contributed by atoms with Gasteiger partial charge in [-0.1, -0.05) is 6.92 Å². The SMILES string of the molecule is CCc1cc(CC(C)N)[nH]c(=O)n1. The first-order valence-corrected chi connectivity index (χ1v) is 4.46. The lowest BCUT2D eigenvalue weighted by molar-refractivity contribution is 0.712. The second kappa shape index (κ2) is 4.18. The van der Waals surface area contributed by atoms with E-state index in [0.717, 1.165) is 17.8 Å². The molecule has 4 nitrogen and oxygen atoms in total. The highest BCUT2D eigenvalue weighted by Gasteiger charge is 2.01. The molecular formula is C9H15N3O. The standard InChI is InChI=1S/C9H15N3O/c1-3-7-5-8(4-6(2)10)12-9(13)11-7/h5-6H,3-4,10H2,1-2H3,(H,11,12,13). The van der Waals surface area contributed by atoms with Gasteiger partial charge in [-0.2, -0.15) is 4.98 Å². The average Bonchev–Trinajstić information content (AvgIpc) is 2.01. The fraction of sp³-hybridized carbons (Fsp3) is 0.556. The van der Waals surface area contributed by atoms with Gasteiger partial charge in [-0.3, -0.25) is 0 Å². The highest BCUT2D eigenvalue weighted by Crippen LogP contribution is 1.99. The monoisotopic (exact) mass is 181 g/mol. The molecule has 0 aliphatic heterocycles. The summed E-state index contributed by atoms with van der Waals surface area (Å²) < 4.78 is 0. The highest BCUT2D eigenvalue weighted by molar-refractivity contribution is 5.09. The first-order chi connectivity index (χ1) is 6.11. The molecule has 0 bridgehead atoms. The Labute approximate surface area is 77.2 Å². The number of hydrogen-bond acceptors (Lipinski definition) is 3. The van der Waals surface area contributed by atoms with E-state index in [9.17, 15) is 4.79 Å². The summed E-state index contributed by atoms with van der Waals surface area (Å²) in [6.07, 6.45) is 1.46. The summed E-state index contributed by atoms with van der Waals surface area (Å²) in [6.45, 7) is 3.88. The molecule has 72 valence electrons. The van der Waals surface area contributed by atoms with E-state index in [-0.39, 0.29) is 11.7 Å². The molecule has 1 atom stereocenters. The van der Waals surface area contributed by atoms with E-state index in [1.54, 1.807) is 0 Å². The van der Waals surface area contributed by atoms with Crippen molar-refractivity contribution in [1.82, 2.24) is 9.97 Å². The van der Waals surface area contributed by atoms with E-state index in [1.807, 2.05) is 19.9 Å². The second-order valence-electron chi connectivity index (χ2n) is 3.24. The van der Waals surface area contributed by atoms with E-state index >= 15 is 0 Å². The van der Waals surface area contributed by atoms with Gasteiger partial charge in [0.05, 0.1) is 0 Å². The van der Waals surface area contributed by atoms with Crippen molar-refractivity contribution >= 4 is 0 Å². The largest absolute Gasteiger partial charge is 0.345 e. The van der Waals surface area contributed by atoms with Crippen LogP contribution in [-0.4, -0.2) is 16.0 Å². The van der Waals surface area contributed by atoms with Crippen LogP contribution in [0.15, 0.2) is 10.9 Å². The normalized spacial score (nSPS) is 12.8. The van der Waals surface area contributed by atoms with Crippen molar-refractivity contribution in [1.29, 1.82) is 0 Å². The Bertz CT molecular complexity index is 330. The maximum Gasteiger partial charge on any atom is 0.345 e. The van der Waals surface area contributed by atoms with Gasteiger partial charge in [0, 0.05) is 23.9 Å². The number of hydrogen-bond donors (Lipinski definition) is 2. The Morgan fingerprint density at radius 1 is 1.69 bits per heavy atom. The molecule has 0 radical (unpaired) electrons. The lowest BCUT2D eigenvalue weighted by Crippen LogP contribution is -2.22. The third kappa shape index (κ3) is 2.99. The van der Waals surface area contributed by atoms with Crippen LogP contribution in [0, 0.1) is 0 Å². The van der Waals surface area contributed by atoms with Crippen LogP contribution in [-0.2, 0) is 12.8 Å². The smallest absolute Gasteiger partial charge is 0.328 e. The van der Waals surface area contributed by atoms with E-state index in [0.29, 0.717) is 6.42 Å². The van der Waals surface area contributed by atoms with Gasteiger partial charge in [0.1, 0.15) is 0 Å². The molecular weight excluding hydrogens is 166 g/mol. The number of rotatable bonds is 3. The molecule has 1 aromatic rings. The molecule has 0 amide bonds. The molecule has 0 aliphatic rings. The molecule has 4 heteroatoms. The summed E-state index contributed by atoms with van der Waals surface area (Å²) >= 11 is 0. The molecule has 1 aromatic heterocycles. The predicted octanol–water partition coefficient (Wildman–Crippen LogP) is 0.222. The Kier molecular flexibility index (Phi) is 3.19. The molecule has 0 aliphatic carbocycles. The fourth-order valence-corrected chi connectivity index (χ4v) is 1.20. The topological polar surface area (TPSA) is 71.8 Å². The summed E-state index contributed by atoms with van der Waals surface area (Å²) in [4.78, 5) is 17.5. The van der Waals surface area contributed by atoms with Gasteiger partial charge in [0.2, 0.25) is 0 Å². The van der Waals surface area contributed by atoms with E-state index < -0.39 is 0 Å². The zero-order valence-electron chi connectivity index (χ0n) is 8.00. The Morgan fingerprint density at radius 2 is 2.38 bits per heavy atom. The van der Waals surface area contributed by atoms with Crippen molar-refractivity contribution in [2.45, 2.75) is 32.7 Å². The number of nitrogens with zero attached hydrogens (tertiary/aromatic N) is 1. The lowest BCUT2D eigenvalue weighted by atomic mass is 10.1.